The number of halogens is 1. The van der Waals surface area contributed by atoms with Crippen molar-refractivity contribution in [3.8, 4) is 0 Å². The first kappa shape index (κ1) is 19.9. The van der Waals surface area contributed by atoms with Gasteiger partial charge in [-0.2, -0.15) is 4.39 Å². The van der Waals surface area contributed by atoms with Crippen LogP contribution in [0.3, 0.4) is 0 Å². The van der Waals surface area contributed by atoms with E-state index in [1.54, 1.807) is 23.1 Å². The molecule has 2 N–H and O–H groups in total. The zero-order valence-electron chi connectivity index (χ0n) is 15.4. The number of hydrogen-bond acceptors (Lipinski definition) is 5. The fourth-order valence-corrected chi connectivity index (χ4v) is 2.99. The van der Waals surface area contributed by atoms with Crippen molar-refractivity contribution in [2.45, 2.75) is 19.8 Å². The summed E-state index contributed by atoms with van der Waals surface area (Å²) in [7, 11) is 0. The molecule has 1 fully saturated rings. The van der Waals surface area contributed by atoms with Crippen LogP contribution in [-0.2, 0) is 14.4 Å². The van der Waals surface area contributed by atoms with Crippen molar-refractivity contribution in [3.05, 3.63) is 57.9 Å². The highest BCUT2D eigenvalue weighted by Crippen LogP contribution is 2.28. The van der Waals surface area contributed by atoms with Crippen LogP contribution in [-0.4, -0.2) is 29.2 Å². The van der Waals surface area contributed by atoms with Crippen LogP contribution < -0.4 is 15.5 Å². The fourth-order valence-electron chi connectivity index (χ4n) is 2.99. The minimum absolute atomic E-state index is 0.00720. The molecule has 10 heteroatoms. The van der Waals surface area contributed by atoms with E-state index in [4.69, 9.17) is 0 Å². The van der Waals surface area contributed by atoms with Crippen LogP contribution in [0, 0.1) is 22.9 Å². The number of amides is 3. The van der Waals surface area contributed by atoms with Gasteiger partial charge in [-0.05, 0) is 43.2 Å². The third-order valence-corrected chi connectivity index (χ3v) is 4.44. The second kappa shape index (κ2) is 8.05. The van der Waals surface area contributed by atoms with Gasteiger partial charge in [-0.1, -0.05) is 6.07 Å². The van der Waals surface area contributed by atoms with E-state index in [2.05, 4.69) is 10.6 Å². The number of nitrogens with one attached hydrogen (secondary N) is 2. The first-order valence-corrected chi connectivity index (χ1v) is 8.73. The lowest BCUT2D eigenvalue weighted by molar-refractivity contribution is -0.387. The molecule has 0 atom stereocenters. The van der Waals surface area contributed by atoms with Crippen LogP contribution in [0.4, 0.5) is 27.1 Å². The lowest BCUT2D eigenvalue weighted by Gasteiger charge is -2.19. The highest BCUT2D eigenvalue weighted by molar-refractivity contribution is 6.43. The highest BCUT2D eigenvalue weighted by atomic mass is 19.1. The van der Waals surface area contributed by atoms with Crippen molar-refractivity contribution in [3.63, 3.8) is 0 Å². The van der Waals surface area contributed by atoms with Crippen LogP contribution in [0.1, 0.15) is 18.4 Å². The van der Waals surface area contributed by atoms with Crippen molar-refractivity contribution in [1.29, 1.82) is 0 Å². The maximum absolute atomic E-state index is 13.4. The fraction of sp³-hybridized carbons (Fsp3) is 0.211. The molecule has 0 bridgehead atoms. The van der Waals surface area contributed by atoms with Gasteiger partial charge < -0.3 is 15.5 Å². The average Bonchev–Trinajstić information content (AvgIpc) is 3.10. The summed E-state index contributed by atoms with van der Waals surface area (Å²) in [6.07, 6.45) is 1.21. The molecule has 0 radical (unpaired) electrons. The van der Waals surface area contributed by atoms with E-state index < -0.39 is 28.2 Å². The average molecular weight is 400 g/mol. The highest BCUT2D eigenvalue weighted by Gasteiger charge is 2.24. The van der Waals surface area contributed by atoms with Gasteiger partial charge in [0.25, 0.3) is 0 Å². The minimum Gasteiger partial charge on any atom is -0.318 e. The third kappa shape index (κ3) is 4.37. The smallest absolute Gasteiger partial charge is 0.314 e. The number of benzene rings is 2. The molecule has 1 heterocycles. The Morgan fingerprint density at radius 2 is 1.72 bits per heavy atom. The number of aryl methyl sites for hydroxylation is 1. The van der Waals surface area contributed by atoms with Crippen LogP contribution in [0.25, 0.3) is 0 Å². The Balaban J connectivity index is 1.72. The predicted octanol–water partition coefficient (Wildman–Crippen LogP) is 2.75. The molecule has 9 nitrogen and oxygen atoms in total. The molecule has 0 aromatic heterocycles. The normalized spacial score (nSPS) is 13.3. The van der Waals surface area contributed by atoms with Crippen molar-refractivity contribution in [2.24, 2.45) is 0 Å². The molecule has 0 spiro atoms. The minimum atomic E-state index is -1.08. The van der Waals surface area contributed by atoms with Gasteiger partial charge in [0.15, 0.2) is 0 Å². The van der Waals surface area contributed by atoms with Crippen molar-refractivity contribution < 1.29 is 23.7 Å². The molecule has 2 aromatic carbocycles. The number of anilines is 3. The number of hydrogen-bond donors (Lipinski definition) is 2. The second-order valence-corrected chi connectivity index (χ2v) is 6.48. The Kier molecular flexibility index (Phi) is 5.53. The number of nitrogens with zero attached hydrogens (tertiary/aromatic N) is 2. The largest absolute Gasteiger partial charge is 0.318 e. The van der Waals surface area contributed by atoms with Gasteiger partial charge in [0, 0.05) is 36.1 Å². The van der Waals surface area contributed by atoms with E-state index in [1.807, 2.05) is 6.92 Å². The Morgan fingerprint density at radius 3 is 2.31 bits per heavy atom. The summed E-state index contributed by atoms with van der Waals surface area (Å²) in [6, 6.07) is 7.67. The molecule has 0 aliphatic carbocycles. The number of nitro groups is 1. The van der Waals surface area contributed by atoms with E-state index >= 15 is 0 Å². The van der Waals surface area contributed by atoms with Crippen LogP contribution in [0.15, 0.2) is 36.4 Å². The summed E-state index contributed by atoms with van der Waals surface area (Å²) in [5, 5.41) is 15.4. The van der Waals surface area contributed by atoms with Crippen molar-refractivity contribution in [2.75, 3.05) is 22.1 Å². The number of rotatable bonds is 4. The van der Waals surface area contributed by atoms with E-state index in [-0.39, 0.29) is 11.6 Å². The zero-order valence-corrected chi connectivity index (χ0v) is 15.4. The van der Waals surface area contributed by atoms with E-state index in [9.17, 15) is 28.9 Å². The molecule has 0 unspecified atom stereocenters. The zero-order chi connectivity index (χ0) is 21.1. The van der Waals surface area contributed by atoms with Crippen LogP contribution >= 0.6 is 0 Å². The quantitative estimate of drug-likeness (QED) is 0.464. The Bertz CT molecular complexity index is 1020. The molecule has 1 saturated heterocycles. The molecule has 150 valence electrons. The molecule has 2 aromatic rings. The molecular formula is C19H17FN4O5. The molecular weight excluding hydrogens is 383 g/mol. The number of nitro benzene ring substituents is 1. The maximum atomic E-state index is 13.4. The van der Waals surface area contributed by atoms with E-state index in [1.165, 1.54) is 0 Å². The molecule has 0 saturated carbocycles. The summed E-state index contributed by atoms with van der Waals surface area (Å²) in [4.78, 5) is 47.7. The molecule has 3 amide bonds. The summed E-state index contributed by atoms with van der Waals surface area (Å²) < 4.78 is 13.4. The first-order chi connectivity index (χ1) is 13.8. The van der Waals surface area contributed by atoms with Crippen molar-refractivity contribution >= 4 is 40.5 Å². The molecule has 1 aliphatic rings. The second-order valence-electron chi connectivity index (χ2n) is 6.48. The Hall–Kier alpha value is -3.82. The first-order valence-electron chi connectivity index (χ1n) is 8.73. The monoisotopic (exact) mass is 400 g/mol. The van der Waals surface area contributed by atoms with Gasteiger partial charge in [0.2, 0.25) is 11.7 Å². The molecule has 29 heavy (non-hydrogen) atoms. The van der Waals surface area contributed by atoms with Gasteiger partial charge in [-0.3, -0.25) is 24.5 Å². The topological polar surface area (TPSA) is 122 Å². The van der Waals surface area contributed by atoms with Gasteiger partial charge in [-0.15, -0.1) is 0 Å². The third-order valence-electron chi connectivity index (χ3n) is 4.44. The molecule has 3 rings (SSSR count). The van der Waals surface area contributed by atoms with E-state index in [0.717, 1.165) is 30.2 Å². The Labute approximate surface area is 164 Å². The number of carbonyl (C=O) groups excluding carboxylic acids is 3. The maximum Gasteiger partial charge on any atom is 0.314 e. The standard InChI is InChI=1S/C19H17FN4O5/c1-11-4-5-12(9-15(11)23-8-2-3-17(23)25)21-18(26)19(27)22-13-6-7-14(20)16(10-13)24(28)29/h4-7,9-10H,2-3,8H2,1H3,(H,21,26)(H,22,27). The lowest BCUT2D eigenvalue weighted by Crippen LogP contribution is -2.29. The summed E-state index contributed by atoms with van der Waals surface area (Å²) in [5.74, 6) is -3.15. The summed E-state index contributed by atoms with van der Waals surface area (Å²) in [5.41, 5.74) is 0.906. The predicted molar refractivity (Wildman–Crippen MR) is 103 cm³/mol. The molecule has 1 aliphatic heterocycles. The van der Waals surface area contributed by atoms with Gasteiger partial charge >= 0.3 is 17.5 Å². The van der Waals surface area contributed by atoms with Gasteiger partial charge in [0.1, 0.15) is 0 Å². The number of carbonyl (C=O) groups is 3. The Morgan fingerprint density at radius 1 is 1.10 bits per heavy atom. The van der Waals surface area contributed by atoms with Gasteiger partial charge in [0.05, 0.1) is 4.92 Å². The van der Waals surface area contributed by atoms with E-state index in [0.29, 0.717) is 24.3 Å². The SMILES string of the molecule is Cc1ccc(NC(=O)C(=O)Nc2ccc(F)c([N+](=O)[O-])c2)cc1N1CCCC1=O. The van der Waals surface area contributed by atoms with Crippen molar-refractivity contribution in [1.82, 2.24) is 0 Å². The lowest BCUT2D eigenvalue weighted by atomic mass is 10.1. The summed E-state index contributed by atoms with van der Waals surface area (Å²) in [6.45, 7) is 2.42. The van der Waals surface area contributed by atoms with Crippen LogP contribution in [0.2, 0.25) is 0 Å². The summed E-state index contributed by atoms with van der Waals surface area (Å²) >= 11 is 0. The van der Waals surface area contributed by atoms with Crippen LogP contribution in [0.5, 0.6) is 0 Å². The van der Waals surface area contributed by atoms with Gasteiger partial charge in [-0.25, -0.2) is 0 Å².